The number of Topliss-reactive ketones (excluding diaryl/α,β-unsaturated/α-hetero) is 1. The van der Waals surface area contributed by atoms with Gasteiger partial charge in [0.25, 0.3) is 0 Å². The highest BCUT2D eigenvalue weighted by Gasteiger charge is 2.26. The van der Waals surface area contributed by atoms with Gasteiger partial charge in [-0.1, -0.05) is 26.0 Å². The smallest absolute Gasteiger partial charge is 0.408 e. The van der Waals surface area contributed by atoms with Gasteiger partial charge in [0, 0.05) is 10.9 Å². The number of amides is 1. The van der Waals surface area contributed by atoms with Crippen LogP contribution in [0.2, 0.25) is 0 Å². The van der Waals surface area contributed by atoms with E-state index in [4.69, 9.17) is 15.7 Å². The summed E-state index contributed by atoms with van der Waals surface area (Å²) in [7, 11) is 0. The molecule has 0 fully saturated rings. The zero-order chi connectivity index (χ0) is 22.9. The van der Waals surface area contributed by atoms with Crippen molar-refractivity contribution in [2.75, 3.05) is 5.73 Å². The third-order valence-corrected chi connectivity index (χ3v) is 5.60. The Bertz CT molecular complexity index is 1200. The lowest BCUT2D eigenvalue weighted by molar-refractivity contribution is 0.0485. The number of nitrogens with zero attached hydrogens (tertiary/aromatic N) is 2. The van der Waals surface area contributed by atoms with E-state index in [9.17, 15) is 9.59 Å². The van der Waals surface area contributed by atoms with Crippen LogP contribution >= 0.6 is 11.3 Å². The summed E-state index contributed by atoms with van der Waals surface area (Å²) in [5, 5.41) is 13.9. The highest BCUT2D eigenvalue weighted by molar-refractivity contribution is 7.20. The molecule has 1 heterocycles. The third kappa shape index (κ3) is 5.12. The zero-order valence-corrected chi connectivity index (χ0v) is 19.1. The molecule has 0 aliphatic carbocycles. The number of nitrogens with one attached hydrogen (secondary N) is 1. The number of thiazole rings is 1. The zero-order valence-electron chi connectivity index (χ0n) is 18.3. The number of benzene rings is 2. The lowest BCUT2D eigenvalue weighted by Gasteiger charge is -2.24. The van der Waals surface area contributed by atoms with Crippen molar-refractivity contribution in [2.45, 2.75) is 52.7 Å². The summed E-state index contributed by atoms with van der Waals surface area (Å²) >= 11 is 1.27. The molecular formula is C23H26N4O3S. The van der Waals surface area contributed by atoms with Crippen LogP contribution in [0.4, 0.5) is 10.5 Å². The monoisotopic (exact) mass is 438 g/mol. The largest absolute Gasteiger partial charge is 0.444 e. The summed E-state index contributed by atoms with van der Waals surface area (Å²) < 4.78 is 6.15. The molecule has 0 saturated heterocycles. The predicted molar refractivity (Wildman–Crippen MR) is 123 cm³/mol. The van der Waals surface area contributed by atoms with Gasteiger partial charge in [-0.2, -0.15) is 5.26 Å². The molecule has 3 N–H and O–H groups in total. The van der Waals surface area contributed by atoms with E-state index in [0.717, 1.165) is 15.5 Å². The summed E-state index contributed by atoms with van der Waals surface area (Å²) in [4.78, 5) is 29.8. The molecule has 0 aliphatic heterocycles. The lowest BCUT2D eigenvalue weighted by atomic mass is 9.94. The molecule has 2 aromatic carbocycles. The number of hydrogen-bond acceptors (Lipinski definition) is 7. The van der Waals surface area contributed by atoms with Crippen LogP contribution in [0.5, 0.6) is 0 Å². The van der Waals surface area contributed by atoms with Crippen molar-refractivity contribution in [3.8, 4) is 6.07 Å². The molecule has 162 valence electrons. The number of fused-ring (bicyclic) bond motifs is 3. The van der Waals surface area contributed by atoms with Crippen LogP contribution in [0, 0.1) is 17.2 Å². The molecule has 0 aliphatic rings. The summed E-state index contributed by atoms with van der Waals surface area (Å²) in [6, 6.07) is 8.44. The molecule has 7 nitrogen and oxygen atoms in total. The number of ketones is 1. The fourth-order valence-electron chi connectivity index (χ4n) is 3.38. The van der Waals surface area contributed by atoms with Crippen molar-refractivity contribution in [2.24, 2.45) is 5.92 Å². The van der Waals surface area contributed by atoms with Crippen LogP contribution in [0.15, 0.2) is 24.3 Å². The Morgan fingerprint density at radius 3 is 2.61 bits per heavy atom. The van der Waals surface area contributed by atoms with Gasteiger partial charge in [0.05, 0.1) is 16.4 Å². The van der Waals surface area contributed by atoms with Crippen LogP contribution in [0.3, 0.4) is 0 Å². The van der Waals surface area contributed by atoms with Gasteiger partial charge < -0.3 is 15.8 Å². The van der Waals surface area contributed by atoms with Crippen LogP contribution in [0.25, 0.3) is 21.0 Å². The summed E-state index contributed by atoms with van der Waals surface area (Å²) in [6.07, 6.45) is -0.135. The normalized spacial score (nSPS) is 12.7. The van der Waals surface area contributed by atoms with Gasteiger partial charge in [-0.25, -0.2) is 9.78 Å². The van der Waals surface area contributed by atoms with Crippen molar-refractivity contribution < 1.29 is 14.3 Å². The Balaban J connectivity index is 1.97. The predicted octanol–water partition coefficient (Wildman–Crippen LogP) is 5.03. The van der Waals surface area contributed by atoms with E-state index in [1.54, 1.807) is 39.0 Å². The first-order chi connectivity index (χ1) is 14.5. The number of carbonyl (C=O) groups excluding carboxylic acids is 2. The van der Waals surface area contributed by atoms with Crippen LogP contribution in [-0.4, -0.2) is 28.5 Å². The highest BCUT2D eigenvalue weighted by atomic mass is 32.1. The topological polar surface area (TPSA) is 118 Å². The Hall–Kier alpha value is -3.18. The summed E-state index contributed by atoms with van der Waals surface area (Å²) in [5.74, 6) is 0.00311. The molecular weight excluding hydrogens is 412 g/mol. The minimum Gasteiger partial charge on any atom is -0.444 e. The maximum absolute atomic E-state index is 13.3. The molecule has 31 heavy (non-hydrogen) atoms. The van der Waals surface area contributed by atoms with Crippen molar-refractivity contribution >= 4 is 49.9 Å². The number of nitriles is 1. The first-order valence-electron chi connectivity index (χ1n) is 10.0. The van der Waals surface area contributed by atoms with E-state index in [2.05, 4.69) is 16.4 Å². The number of aromatic nitrogens is 1. The quantitative estimate of drug-likeness (QED) is 0.426. The van der Waals surface area contributed by atoms with E-state index < -0.39 is 17.7 Å². The van der Waals surface area contributed by atoms with Gasteiger partial charge in [0.1, 0.15) is 17.2 Å². The molecule has 0 unspecified atom stereocenters. The Kier molecular flexibility index (Phi) is 6.18. The van der Waals surface area contributed by atoms with Gasteiger partial charge >= 0.3 is 6.09 Å². The standard InChI is InChI=1S/C23H26N4O3S/c1-12(2)8-17(26-22(29)30-23(3,4)5)20(28)13-6-7-15-14(9-13)10-16(25)19-21(15)31-18(11-24)27-19/h6-7,9-10,12,17H,8,25H2,1-5H3,(H,26,29)/t17-/m0/s1. The highest BCUT2D eigenvalue weighted by Crippen LogP contribution is 2.34. The second-order valence-corrected chi connectivity index (χ2v) is 9.90. The molecule has 0 saturated carbocycles. The number of carbonyl (C=O) groups is 2. The fraction of sp³-hybridized carbons (Fsp3) is 0.391. The molecule has 3 rings (SSSR count). The average molecular weight is 439 g/mol. The number of hydrogen-bond donors (Lipinski definition) is 2. The second kappa shape index (κ2) is 8.52. The van der Waals surface area contributed by atoms with Crippen LogP contribution in [-0.2, 0) is 4.74 Å². The van der Waals surface area contributed by atoms with Gasteiger partial charge in [-0.15, -0.1) is 11.3 Å². The number of alkyl carbamates (subject to hydrolysis) is 1. The molecule has 0 spiro atoms. The lowest BCUT2D eigenvalue weighted by Crippen LogP contribution is -2.44. The average Bonchev–Trinajstić information content (AvgIpc) is 3.10. The van der Waals surface area contributed by atoms with Crippen molar-refractivity contribution in [3.05, 3.63) is 34.8 Å². The van der Waals surface area contributed by atoms with E-state index >= 15 is 0 Å². The van der Waals surface area contributed by atoms with E-state index in [1.165, 1.54) is 11.3 Å². The number of nitrogens with two attached hydrogens (primary N) is 1. The minimum absolute atomic E-state index is 0.192. The molecule has 0 radical (unpaired) electrons. The molecule has 8 heteroatoms. The van der Waals surface area contributed by atoms with Gasteiger partial charge in [0.15, 0.2) is 10.8 Å². The fourth-order valence-corrected chi connectivity index (χ4v) is 4.31. The van der Waals surface area contributed by atoms with Crippen molar-refractivity contribution in [1.82, 2.24) is 10.3 Å². The molecule has 1 aromatic heterocycles. The first-order valence-corrected chi connectivity index (χ1v) is 10.9. The minimum atomic E-state index is -0.707. The summed E-state index contributed by atoms with van der Waals surface area (Å²) in [6.45, 7) is 9.31. The maximum atomic E-state index is 13.3. The number of rotatable bonds is 5. The Morgan fingerprint density at radius 1 is 1.29 bits per heavy atom. The SMILES string of the molecule is CC(C)C[C@H](NC(=O)OC(C)(C)C)C(=O)c1ccc2c(c1)cc(N)c1nc(C#N)sc12. The number of nitrogen functional groups attached to an aromatic ring is 1. The van der Waals surface area contributed by atoms with Crippen LogP contribution in [0.1, 0.15) is 56.4 Å². The summed E-state index contributed by atoms with van der Waals surface area (Å²) in [5.41, 5.74) is 7.01. The van der Waals surface area contributed by atoms with Gasteiger partial charge in [-0.3, -0.25) is 4.79 Å². The van der Waals surface area contributed by atoms with E-state index in [-0.39, 0.29) is 11.7 Å². The Labute approximate surface area is 185 Å². The van der Waals surface area contributed by atoms with Crippen molar-refractivity contribution in [3.63, 3.8) is 0 Å². The first kappa shape index (κ1) is 22.5. The molecule has 1 amide bonds. The molecule has 3 aromatic rings. The number of ether oxygens (including phenoxy) is 1. The van der Waals surface area contributed by atoms with Crippen LogP contribution < -0.4 is 11.1 Å². The third-order valence-electron chi connectivity index (χ3n) is 4.60. The molecule has 1 atom stereocenters. The number of anilines is 1. The van der Waals surface area contributed by atoms with Gasteiger partial charge in [0.2, 0.25) is 0 Å². The van der Waals surface area contributed by atoms with E-state index in [1.807, 2.05) is 19.9 Å². The second-order valence-electron chi connectivity index (χ2n) is 8.90. The van der Waals surface area contributed by atoms with Gasteiger partial charge in [-0.05, 0) is 50.6 Å². The molecule has 0 bridgehead atoms. The Morgan fingerprint density at radius 2 is 2.00 bits per heavy atom. The maximum Gasteiger partial charge on any atom is 0.408 e. The van der Waals surface area contributed by atoms with Crippen molar-refractivity contribution in [1.29, 1.82) is 5.26 Å². The van der Waals surface area contributed by atoms with E-state index in [0.29, 0.717) is 28.2 Å².